The van der Waals surface area contributed by atoms with E-state index in [-0.39, 0.29) is 6.10 Å². The second-order valence-corrected chi connectivity index (χ2v) is 5.35. The first-order valence-corrected chi connectivity index (χ1v) is 7.51. The van der Waals surface area contributed by atoms with Crippen LogP contribution in [0.4, 0.5) is 0 Å². The van der Waals surface area contributed by atoms with Crippen LogP contribution in [0.3, 0.4) is 0 Å². The summed E-state index contributed by atoms with van der Waals surface area (Å²) in [7, 11) is 3.21. The van der Waals surface area contributed by atoms with Gasteiger partial charge in [0.25, 0.3) is 0 Å². The molecule has 1 aliphatic carbocycles. The minimum Gasteiger partial charge on any atom is -0.493 e. The van der Waals surface area contributed by atoms with Gasteiger partial charge in [-0.15, -0.1) is 0 Å². The molecule has 1 fully saturated rings. The maximum Gasteiger partial charge on any atom is 0.316 e. The van der Waals surface area contributed by atoms with Crippen molar-refractivity contribution in [2.45, 2.75) is 31.8 Å². The number of methoxy groups -OCH3 is 2. The minimum atomic E-state index is 0.288. The van der Waals surface area contributed by atoms with Crippen molar-refractivity contribution in [3.63, 3.8) is 0 Å². The number of rotatable bonds is 5. The van der Waals surface area contributed by atoms with Crippen molar-refractivity contribution < 1.29 is 14.2 Å². The number of hydrogen-bond acceptors (Lipinski definition) is 5. The Hall–Kier alpha value is -2.30. The molecule has 0 aliphatic heterocycles. The van der Waals surface area contributed by atoms with Gasteiger partial charge in [0.2, 0.25) is 0 Å². The van der Waals surface area contributed by atoms with Crippen LogP contribution in [0.15, 0.2) is 30.6 Å². The summed E-state index contributed by atoms with van der Waals surface area (Å²) < 4.78 is 16.5. The number of nitrogens with zero attached hydrogens (tertiary/aromatic N) is 2. The van der Waals surface area contributed by atoms with E-state index in [9.17, 15) is 0 Å². The molecule has 0 radical (unpaired) electrons. The van der Waals surface area contributed by atoms with E-state index in [2.05, 4.69) is 9.97 Å². The molecule has 3 rings (SSSR count). The fourth-order valence-electron chi connectivity index (χ4n) is 2.70. The molecule has 22 heavy (non-hydrogen) atoms. The average Bonchev–Trinajstić information content (AvgIpc) is 3.08. The van der Waals surface area contributed by atoms with Crippen LogP contribution < -0.4 is 14.2 Å². The second kappa shape index (κ2) is 6.64. The molecule has 0 bridgehead atoms. The Morgan fingerprint density at radius 1 is 0.909 bits per heavy atom. The standard InChI is InChI=1S/C17H20N2O3/c1-20-15-8-7-12(13-10-18-17(21-2)19-11-13)9-16(15)22-14-5-3-4-6-14/h7-11,14H,3-6H2,1-2H3. The number of aromatic nitrogens is 2. The lowest BCUT2D eigenvalue weighted by Gasteiger charge is -2.16. The highest BCUT2D eigenvalue weighted by molar-refractivity contribution is 5.65. The highest BCUT2D eigenvalue weighted by Crippen LogP contribution is 2.35. The largest absolute Gasteiger partial charge is 0.493 e. The van der Waals surface area contributed by atoms with Gasteiger partial charge < -0.3 is 14.2 Å². The third-order valence-corrected chi connectivity index (χ3v) is 3.90. The summed E-state index contributed by atoms with van der Waals surface area (Å²) >= 11 is 0. The van der Waals surface area contributed by atoms with Crippen molar-refractivity contribution in [3.8, 4) is 28.6 Å². The zero-order chi connectivity index (χ0) is 15.4. The van der Waals surface area contributed by atoms with Gasteiger partial charge in [-0.25, -0.2) is 9.97 Å². The SMILES string of the molecule is COc1ncc(-c2ccc(OC)c(OC3CCCC3)c2)cn1. The first kappa shape index (κ1) is 14.6. The summed E-state index contributed by atoms with van der Waals surface area (Å²) in [4.78, 5) is 8.29. The number of ether oxygens (including phenoxy) is 3. The first-order chi connectivity index (χ1) is 10.8. The molecule has 1 aromatic heterocycles. The van der Waals surface area contributed by atoms with Gasteiger partial charge in [0.05, 0.1) is 20.3 Å². The monoisotopic (exact) mass is 300 g/mol. The van der Waals surface area contributed by atoms with Crippen LogP contribution >= 0.6 is 0 Å². The minimum absolute atomic E-state index is 0.288. The van der Waals surface area contributed by atoms with Crippen LogP contribution in [-0.4, -0.2) is 30.3 Å². The predicted molar refractivity (Wildman–Crippen MR) is 83.5 cm³/mol. The Labute approximate surface area is 130 Å². The molecule has 1 aromatic carbocycles. The number of benzene rings is 1. The van der Waals surface area contributed by atoms with Crippen molar-refractivity contribution in [2.75, 3.05) is 14.2 Å². The topological polar surface area (TPSA) is 53.5 Å². The van der Waals surface area contributed by atoms with E-state index in [1.165, 1.54) is 12.8 Å². The summed E-state index contributed by atoms with van der Waals surface area (Å²) in [6, 6.07) is 6.25. The predicted octanol–water partition coefficient (Wildman–Crippen LogP) is 3.48. The molecule has 0 spiro atoms. The van der Waals surface area contributed by atoms with E-state index in [4.69, 9.17) is 14.2 Å². The molecular formula is C17H20N2O3. The molecule has 0 unspecified atom stereocenters. The zero-order valence-electron chi connectivity index (χ0n) is 12.9. The molecule has 1 aliphatic rings. The number of hydrogen-bond donors (Lipinski definition) is 0. The second-order valence-electron chi connectivity index (χ2n) is 5.35. The van der Waals surface area contributed by atoms with Crippen molar-refractivity contribution in [3.05, 3.63) is 30.6 Å². The van der Waals surface area contributed by atoms with Gasteiger partial charge in [0.15, 0.2) is 11.5 Å². The van der Waals surface area contributed by atoms with Crippen molar-refractivity contribution in [1.29, 1.82) is 0 Å². The molecule has 1 saturated carbocycles. The van der Waals surface area contributed by atoms with Crippen LogP contribution in [0.1, 0.15) is 25.7 Å². The molecule has 5 nitrogen and oxygen atoms in total. The zero-order valence-corrected chi connectivity index (χ0v) is 12.9. The van der Waals surface area contributed by atoms with Crippen molar-refractivity contribution in [1.82, 2.24) is 9.97 Å². The molecule has 0 amide bonds. The molecule has 0 saturated heterocycles. The van der Waals surface area contributed by atoms with Crippen LogP contribution in [-0.2, 0) is 0 Å². The lowest BCUT2D eigenvalue weighted by molar-refractivity contribution is 0.201. The van der Waals surface area contributed by atoms with Gasteiger partial charge in [0.1, 0.15) is 0 Å². The molecular weight excluding hydrogens is 280 g/mol. The van der Waals surface area contributed by atoms with E-state index in [1.54, 1.807) is 26.6 Å². The van der Waals surface area contributed by atoms with Gasteiger partial charge in [-0.2, -0.15) is 0 Å². The smallest absolute Gasteiger partial charge is 0.316 e. The van der Waals surface area contributed by atoms with E-state index in [0.717, 1.165) is 35.5 Å². The fourth-order valence-corrected chi connectivity index (χ4v) is 2.70. The Morgan fingerprint density at radius 3 is 2.27 bits per heavy atom. The molecule has 0 N–H and O–H groups in total. The molecule has 116 valence electrons. The average molecular weight is 300 g/mol. The molecule has 1 heterocycles. The summed E-state index contributed by atoms with van der Waals surface area (Å²) in [5.41, 5.74) is 1.91. The van der Waals surface area contributed by atoms with E-state index in [1.807, 2.05) is 18.2 Å². The van der Waals surface area contributed by atoms with Crippen molar-refractivity contribution >= 4 is 0 Å². The van der Waals surface area contributed by atoms with Gasteiger partial charge >= 0.3 is 6.01 Å². The van der Waals surface area contributed by atoms with Gasteiger partial charge in [0, 0.05) is 18.0 Å². The molecule has 2 aromatic rings. The summed E-state index contributed by atoms with van der Waals surface area (Å²) in [6.07, 6.45) is 8.46. The lowest BCUT2D eigenvalue weighted by atomic mass is 10.1. The summed E-state index contributed by atoms with van der Waals surface area (Å²) in [5, 5.41) is 0. The van der Waals surface area contributed by atoms with E-state index < -0.39 is 0 Å². The van der Waals surface area contributed by atoms with Crippen LogP contribution in [0, 0.1) is 0 Å². The van der Waals surface area contributed by atoms with Crippen LogP contribution in [0.2, 0.25) is 0 Å². The van der Waals surface area contributed by atoms with Gasteiger partial charge in [-0.05, 0) is 43.4 Å². The maximum atomic E-state index is 6.11. The third-order valence-electron chi connectivity index (χ3n) is 3.90. The Balaban J connectivity index is 1.87. The Kier molecular flexibility index (Phi) is 4.42. The molecule has 5 heteroatoms. The highest BCUT2D eigenvalue weighted by atomic mass is 16.5. The maximum absolute atomic E-state index is 6.11. The fraction of sp³-hybridized carbons (Fsp3) is 0.412. The van der Waals surface area contributed by atoms with Gasteiger partial charge in [-0.1, -0.05) is 6.07 Å². The summed E-state index contributed by atoms with van der Waals surface area (Å²) in [5.74, 6) is 1.53. The third kappa shape index (κ3) is 3.13. The van der Waals surface area contributed by atoms with Gasteiger partial charge in [-0.3, -0.25) is 0 Å². The quantitative estimate of drug-likeness (QED) is 0.846. The van der Waals surface area contributed by atoms with Crippen molar-refractivity contribution in [2.24, 2.45) is 0 Å². The normalized spacial score (nSPS) is 14.8. The first-order valence-electron chi connectivity index (χ1n) is 7.51. The van der Waals surface area contributed by atoms with E-state index >= 15 is 0 Å². The lowest BCUT2D eigenvalue weighted by Crippen LogP contribution is -2.11. The van der Waals surface area contributed by atoms with Crippen LogP contribution in [0.25, 0.3) is 11.1 Å². The summed E-state index contributed by atoms with van der Waals surface area (Å²) in [6.45, 7) is 0. The van der Waals surface area contributed by atoms with Crippen LogP contribution in [0.5, 0.6) is 17.5 Å². The highest BCUT2D eigenvalue weighted by Gasteiger charge is 2.19. The Morgan fingerprint density at radius 2 is 1.64 bits per heavy atom. The van der Waals surface area contributed by atoms with E-state index in [0.29, 0.717) is 6.01 Å². The Bertz CT molecular complexity index is 622. The molecule has 0 atom stereocenters.